The third kappa shape index (κ3) is 4.74. The van der Waals surface area contributed by atoms with E-state index in [0.29, 0.717) is 30.3 Å². The SMILES string of the molecule is CC(=O)c1cccc(OCC(=O)N2CCC(c3nc(-c4ccncc4)cs3)CC2)c1. The highest BCUT2D eigenvalue weighted by atomic mass is 32.1. The summed E-state index contributed by atoms with van der Waals surface area (Å²) in [6.07, 6.45) is 5.34. The molecule has 0 bridgehead atoms. The van der Waals surface area contributed by atoms with Crippen molar-refractivity contribution < 1.29 is 14.3 Å². The van der Waals surface area contributed by atoms with Crippen molar-refractivity contribution in [2.75, 3.05) is 19.7 Å². The Morgan fingerprint density at radius 1 is 1.17 bits per heavy atom. The number of nitrogens with zero attached hydrogens (tertiary/aromatic N) is 3. The van der Waals surface area contributed by atoms with E-state index >= 15 is 0 Å². The molecule has 1 saturated heterocycles. The summed E-state index contributed by atoms with van der Waals surface area (Å²) in [6, 6.07) is 10.9. The average molecular weight is 422 g/mol. The fraction of sp³-hybridized carbons (Fsp3) is 0.304. The minimum Gasteiger partial charge on any atom is -0.484 e. The fourth-order valence-corrected chi connectivity index (χ4v) is 4.55. The first-order valence-electron chi connectivity index (χ1n) is 9.97. The van der Waals surface area contributed by atoms with Crippen LogP contribution in [0.15, 0.2) is 54.2 Å². The predicted octanol–water partition coefficient (Wildman–Crippen LogP) is 4.19. The second kappa shape index (κ2) is 9.17. The number of likely N-dealkylation sites (tertiary alicyclic amines) is 1. The number of rotatable bonds is 6. The molecule has 30 heavy (non-hydrogen) atoms. The molecule has 3 aromatic rings. The second-order valence-electron chi connectivity index (χ2n) is 7.33. The summed E-state index contributed by atoms with van der Waals surface area (Å²) in [5, 5.41) is 3.22. The molecule has 0 saturated carbocycles. The van der Waals surface area contributed by atoms with Crippen LogP contribution in [0.4, 0.5) is 0 Å². The number of hydrogen-bond donors (Lipinski definition) is 0. The van der Waals surface area contributed by atoms with Gasteiger partial charge in [0, 0.05) is 47.9 Å². The molecule has 154 valence electrons. The van der Waals surface area contributed by atoms with Gasteiger partial charge < -0.3 is 9.64 Å². The van der Waals surface area contributed by atoms with E-state index in [4.69, 9.17) is 9.72 Å². The minimum absolute atomic E-state index is 0.0184. The zero-order valence-corrected chi connectivity index (χ0v) is 17.6. The van der Waals surface area contributed by atoms with E-state index in [-0.39, 0.29) is 18.3 Å². The number of amides is 1. The predicted molar refractivity (Wildman–Crippen MR) is 116 cm³/mol. The van der Waals surface area contributed by atoms with Crippen LogP contribution >= 0.6 is 11.3 Å². The van der Waals surface area contributed by atoms with Crippen LogP contribution in [0.25, 0.3) is 11.3 Å². The molecule has 0 unspecified atom stereocenters. The van der Waals surface area contributed by atoms with Crippen LogP contribution in [0.1, 0.15) is 41.0 Å². The number of benzene rings is 1. The minimum atomic E-state index is -0.0294. The standard InChI is InChI=1S/C23H23N3O3S/c1-16(27)19-3-2-4-20(13-19)29-14-22(28)26-11-7-18(8-12-26)23-25-21(15-30-23)17-5-9-24-10-6-17/h2-6,9-10,13,15,18H,7-8,11-12,14H2,1H3. The van der Waals surface area contributed by atoms with E-state index in [2.05, 4.69) is 10.4 Å². The summed E-state index contributed by atoms with van der Waals surface area (Å²) in [5.74, 6) is 0.863. The zero-order chi connectivity index (χ0) is 20.9. The molecule has 3 heterocycles. The number of aromatic nitrogens is 2. The maximum absolute atomic E-state index is 12.5. The Bertz CT molecular complexity index is 1030. The number of pyridine rings is 1. The molecule has 1 aromatic carbocycles. The molecule has 1 aliphatic heterocycles. The van der Waals surface area contributed by atoms with E-state index in [0.717, 1.165) is 29.1 Å². The molecule has 0 aliphatic carbocycles. The third-order valence-corrected chi connectivity index (χ3v) is 6.31. The number of ketones is 1. The van der Waals surface area contributed by atoms with Gasteiger partial charge in [-0.15, -0.1) is 11.3 Å². The zero-order valence-electron chi connectivity index (χ0n) is 16.8. The smallest absolute Gasteiger partial charge is 0.260 e. The van der Waals surface area contributed by atoms with Gasteiger partial charge in [-0.25, -0.2) is 4.98 Å². The lowest BCUT2D eigenvalue weighted by molar-refractivity contribution is -0.134. The molecule has 4 rings (SSSR count). The van der Waals surface area contributed by atoms with Gasteiger partial charge in [-0.2, -0.15) is 0 Å². The van der Waals surface area contributed by atoms with Gasteiger partial charge in [0.05, 0.1) is 10.7 Å². The van der Waals surface area contributed by atoms with Gasteiger partial charge >= 0.3 is 0 Å². The van der Waals surface area contributed by atoms with Gasteiger partial charge in [-0.1, -0.05) is 12.1 Å². The first kappa shape index (κ1) is 20.2. The van der Waals surface area contributed by atoms with Crippen molar-refractivity contribution >= 4 is 23.0 Å². The molecule has 0 radical (unpaired) electrons. The molecule has 1 aliphatic rings. The van der Waals surface area contributed by atoms with E-state index < -0.39 is 0 Å². The molecule has 0 atom stereocenters. The van der Waals surface area contributed by atoms with Crippen LogP contribution in [-0.4, -0.2) is 46.3 Å². The summed E-state index contributed by atoms with van der Waals surface area (Å²) in [6.45, 7) is 2.89. The number of Topliss-reactive ketones (excluding diaryl/α,β-unsaturated/α-hetero) is 1. The van der Waals surface area contributed by atoms with E-state index in [1.807, 2.05) is 17.0 Å². The molecule has 1 amide bonds. The Balaban J connectivity index is 1.29. The molecular formula is C23H23N3O3S. The van der Waals surface area contributed by atoms with Crippen LogP contribution in [0.5, 0.6) is 5.75 Å². The lowest BCUT2D eigenvalue weighted by Gasteiger charge is -2.31. The lowest BCUT2D eigenvalue weighted by Crippen LogP contribution is -2.40. The molecule has 0 N–H and O–H groups in total. The maximum atomic E-state index is 12.5. The Labute approximate surface area is 179 Å². The molecule has 0 spiro atoms. The number of carbonyl (C=O) groups excluding carboxylic acids is 2. The van der Waals surface area contributed by atoms with Gasteiger partial charge in [0.15, 0.2) is 12.4 Å². The normalized spacial score (nSPS) is 14.5. The summed E-state index contributed by atoms with van der Waals surface area (Å²) >= 11 is 1.68. The van der Waals surface area contributed by atoms with Crippen molar-refractivity contribution in [3.8, 4) is 17.0 Å². The fourth-order valence-electron chi connectivity index (χ4n) is 3.55. The van der Waals surface area contributed by atoms with Crippen LogP contribution in [0.3, 0.4) is 0 Å². The van der Waals surface area contributed by atoms with Gasteiger partial charge in [0.2, 0.25) is 0 Å². The Morgan fingerprint density at radius 2 is 1.93 bits per heavy atom. The van der Waals surface area contributed by atoms with E-state index in [9.17, 15) is 9.59 Å². The first-order valence-corrected chi connectivity index (χ1v) is 10.9. The third-order valence-electron chi connectivity index (χ3n) is 5.30. The average Bonchev–Trinajstić information content (AvgIpc) is 3.29. The van der Waals surface area contributed by atoms with Gasteiger partial charge in [-0.05, 0) is 44.0 Å². The van der Waals surface area contributed by atoms with Crippen LogP contribution in [-0.2, 0) is 4.79 Å². The van der Waals surface area contributed by atoms with Crippen molar-refractivity contribution in [2.45, 2.75) is 25.7 Å². The molecular weight excluding hydrogens is 398 g/mol. The first-order chi connectivity index (χ1) is 14.6. The second-order valence-corrected chi connectivity index (χ2v) is 8.22. The number of hydrogen-bond acceptors (Lipinski definition) is 6. The number of piperidine rings is 1. The highest BCUT2D eigenvalue weighted by Gasteiger charge is 2.26. The molecule has 7 heteroatoms. The van der Waals surface area contributed by atoms with Crippen molar-refractivity contribution in [1.29, 1.82) is 0 Å². The van der Waals surface area contributed by atoms with Crippen molar-refractivity contribution in [1.82, 2.24) is 14.9 Å². The monoisotopic (exact) mass is 421 g/mol. The summed E-state index contributed by atoms with van der Waals surface area (Å²) < 4.78 is 5.62. The highest BCUT2D eigenvalue weighted by molar-refractivity contribution is 7.10. The lowest BCUT2D eigenvalue weighted by atomic mass is 9.97. The van der Waals surface area contributed by atoms with Crippen molar-refractivity contribution in [2.24, 2.45) is 0 Å². The Morgan fingerprint density at radius 3 is 2.67 bits per heavy atom. The largest absolute Gasteiger partial charge is 0.484 e. The van der Waals surface area contributed by atoms with E-state index in [1.54, 1.807) is 48.0 Å². The van der Waals surface area contributed by atoms with Crippen LogP contribution in [0, 0.1) is 0 Å². The Kier molecular flexibility index (Phi) is 6.18. The van der Waals surface area contributed by atoms with Crippen molar-refractivity contribution in [3.63, 3.8) is 0 Å². The maximum Gasteiger partial charge on any atom is 0.260 e. The van der Waals surface area contributed by atoms with Crippen LogP contribution in [0.2, 0.25) is 0 Å². The molecule has 1 fully saturated rings. The Hall–Kier alpha value is -3.06. The number of ether oxygens (including phenoxy) is 1. The quantitative estimate of drug-likeness (QED) is 0.558. The number of carbonyl (C=O) groups is 2. The van der Waals surface area contributed by atoms with Crippen LogP contribution < -0.4 is 4.74 Å². The molecule has 6 nitrogen and oxygen atoms in total. The van der Waals surface area contributed by atoms with E-state index in [1.165, 1.54) is 6.92 Å². The van der Waals surface area contributed by atoms with Gasteiger partial charge in [0.25, 0.3) is 5.91 Å². The summed E-state index contributed by atoms with van der Waals surface area (Å²) in [4.78, 5) is 34.7. The summed E-state index contributed by atoms with van der Waals surface area (Å²) in [7, 11) is 0. The topological polar surface area (TPSA) is 72.4 Å². The summed E-state index contributed by atoms with van der Waals surface area (Å²) in [5.41, 5.74) is 2.64. The highest BCUT2D eigenvalue weighted by Crippen LogP contribution is 2.32. The number of thiazole rings is 1. The van der Waals surface area contributed by atoms with Crippen molar-refractivity contribution in [3.05, 3.63) is 64.7 Å². The molecule has 2 aromatic heterocycles. The van der Waals surface area contributed by atoms with Gasteiger partial charge in [-0.3, -0.25) is 14.6 Å². The van der Waals surface area contributed by atoms with Gasteiger partial charge in [0.1, 0.15) is 5.75 Å².